The van der Waals surface area contributed by atoms with Crippen LogP contribution in [0.5, 0.6) is 0 Å². The number of fused-ring (bicyclic) bond motifs is 2. The van der Waals surface area contributed by atoms with Crippen LogP contribution in [0.3, 0.4) is 0 Å². The molecule has 8 nitrogen and oxygen atoms in total. The number of rotatable bonds is 6. The van der Waals surface area contributed by atoms with Gasteiger partial charge in [-0.3, -0.25) is 19.2 Å². The van der Waals surface area contributed by atoms with Crippen molar-refractivity contribution >= 4 is 17.8 Å². The molecule has 1 aliphatic heterocycles. The van der Waals surface area contributed by atoms with Crippen molar-refractivity contribution in [3.63, 3.8) is 0 Å². The van der Waals surface area contributed by atoms with Gasteiger partial charge in [0, 0.05) is 30.9 Å². The van der Waals surface area contributed by atoms with Gasteiger partial charge in [0.05, 0.1) is 6.20 Å². The van der Waals surface area contributed by atoms with Crippen molar-refractivity contribution in [2.75, 3.05) is 6.54 Å². The molecular weight excluding hydrogens is 394 g/mol. The first kappa shape index (κ1) is 19.8. The Kier molecular flexibility index (Phi) is 4.60. The van der Waals surface area contributed by atoms with Crippen molar-refractivity contribution in [3.05, 3.63) is 53.3 Å². The van der Waals surface area contributed by atoms with Gasteiger partial charge in [0.1, 0.15) is 6.54 Å². The third kappa shape index (κ3) is 3.21. The summed E-state index contributed by atoms with van der Waals surface area (Å²) in [5.74, 6) is -0.0700. The molecule has 2 aromatic rings. The first-order valence-electron chi connectivity index (χ1n) is 10.9. The van der Waals surface area contributed by atoms with E-state index >= 15 is 0 Å². The third-order valence-electron chi connectivity index (χ3n) is 7.04. The second-order valence-corrected chi connectivity index (χ2v) is 8.94. The number of aromatic nitrogens is 2. The maximum atomic E-state index is 13.4. The van der Waals surface area contributed by atoms with E-state index < -0.39 is 11.6 Å². The van der Waals surface area contributed by atoms with Crippen LogP contribution in [0.2, 0.25) is 0 Å². The summed E-state index contributed by atoms with van der Waals surface area (Å²) >= 11 is 0. The van der Waals surface area contributed by atoms with Crippen LogP contribution in [0.15, 0.2) is 36.5 Å². The van der Waals surface area contributed by atoms with E-state index in [1.165, 1.54) is 0 Å². The number of benzene rings is 1. The molecule has 5 rings (SSSR count). The molecule has 2 unspecified atom stereocenters. The zero-order valence-electron chi connectivity index (χ0n) is 17.9. The Hall–Kier alpha value is -3.16. The van der Waals surface area contributed by atoms with E-state index in [-0.39, 0.29) is 24.4 Å². The van der Waals surface area contributed by atoms with Gasteiger partial charge in [0.15, 0.2) is 5.54 Å². The fourth-order valence-electron chi connectivity index (χ4n) is 4.98. The molecule has 3 aliphatic rings. The van der Waals surface area contributed by atoms with Crippen molar-refractivity contribution in [1.29, 1.82) is 0 Å². The fourth-order valence-corrected chi connectivity index (χ4v) is 4.98. The molecule has 1 aromatic carbocycles. The molecule has 2 fully saturated rings. The Morgan fingerprint density at radius 1 is 1.29 bits per heavy atom. The van der Waals surface area contributed by atoms with E-state index in [9.17, 15) is 14.4 Å². The molecular formula is C23H27N5O3. The molecule has 31 heavy (non-hydrogen) atoms. The zero-order chi connectivity index (χ0) is 21.8. The quantitative estimate of drug-likeness (QED) is 0.722. The molecule has 0 radical (unpaired) electrons. The molecule has 0 bridgehead atoms. The lowest BCUT2D eigenvalue weighted by Gasteiger charge is -2.31. The average Bonchev–Trinajstić information content (AvgIpc) is 3.40. The SMILES string of the molecule is CC(C1CC1)N(Cc1ccccc1)C(=O)CN1C(=O)NC2(CCc3c2cnn3C)C1=O. The lowest BCUT2D eigenvalue weighted by atomic mass is 9.94. The van der Waals surface area contributed by atoms with Crippen molar-refractivity contribution in [1.82, 2.24) is 24.9 Å². The minimum Gasteiger partial charge on any atom is -0.334 e. The maximum Gasteiger partial charge on any atom is 0.325 e. The van der Waals surface area contributed by atoms with Gasteiger partial charge in [0.25, 0.3) is 5.91 Å². The Balaban J connectivity index is 1.37. The smallest absolute Gasteiger partial charge is 0.325 e. The molecule has 2 heterocycles. The van der Waals surface area contributed by atoms with E-state index in [0.29, 0.717) is 25.3 Å². The van der Waals surface area contributed by atoms with E-state index in [4.69, 9.17) is 0 Å². The van der Waals surface area contributed by atoms with Gasteiger partial charge >= 0.3 is 6.03 Å². The lowest BCUT2D eigenvalue weighted by molar-refractivity contribution is -0.141. The molecule has 8 heteroatoms. The number of amides is 4. The van der Waals surface area contributed by atoms with Gasteiger partial charge in [0.2, 0.25) is 5.91 Å². The molecule has 1 N–H and O–H groups in total. The van der Waals surface area contributed by atoms with Crippen molar-refractivity contribution in [3.8, 4) is 0 Å². The summed E-state index contributed by atoms with van der Waals surface area (Å²) in [5, 5.41) is 7.12. The van der Waals surface area contributed by atoms with Crippen LogP contribution in [0.25, 0.3) is 0 Å². The van der Waals surface area contributed by atoms with Crippen molar-refractivity contribution in [2.24, 2.45) is 13.0 Å². The molecule has 162 valence electrons. The van der Waals surface area contributed by atoms with E-state index in [1.54, 1.807) is 10.9 Å². The number of hydrogen-bond acceptors (Lipinski definition) is 4. The zero-order valence-corrected chi connectivity index (χ0v) is 17.9. The number of hydrogen-bond donors (Lipinski definition) is 1. The van der Waals surface area contributed by atoms with E-state index in [0.717, 1.165) is 34.6 Å². The van der Waals surface area contributed by atoms with Crippen LogP contribution in [-0.4, -0.2) is 50.0 Å². The highest BCUT2D eigenvalue weighted by Crippen LogP contribution is 2.41. The topological polar surface area (TPSA) is 87.5 Å². The van der Waals surface area contributed by atoms with E-state index in [1.807, 2.05) is 42.3 Å². The van der Waals surface area contributed by atoms with E-state index in [2.05, 4.69) is 17.3 Å². The summed E-state index contributed by atoms with van der Waals surface area (Å²) in [5.41, 5.74) is 1.64. The first-order chi connectivity index (χ1) is 14.9. The monoisotopic (exact) mass is 421 g/mol. The molecule has 2 aliphatic carbocycles. The lowest BCUT2D eigenvalue weighted by Crippen LogP contribution is -2.47. The fraction of sp³-hybridized carbons (Fsp3) is 0.478. The van der Waals surface area contributed by atoms with Crippen LogP contribution in [0, 0.1) is 5.92 Å². The van der Waals surface area contributed by atoms with Gasteiger partial charge in [-0.05, 0) is 44.1 Å². The second kappa shape index (κ2) is 7.21. The Morgan fingerprint density at radius 3 is 2.74 bits per heavy atom. The summed E-state index contributed by atoms with van der Waals surface area (Å²) < 4.78 is 1.75. The number of urea groups is 1. The predicted molar refractivity (Wildman–Crippen MR) is 113 cm³/mol. The summed E-state index contributed by atoms with van der Waals surface area (Å²) in [6, 6.07) is 9.39. The molecule has 1 saturated heterocycles. The maximum absolute atomic E-state index is 13.4. The van der Waals surface area contributed by atoms with Crippen LogP contribution >= 0.6 is 0 Å². The largest absolute Gasteiger partial charge is 0.334 e. The van der Waals surface area contributed by atoms with Crippen LogP contribution < -0.4 is 5.32 Å². The molecule has 2 atom stereocenters. The van der Waals surface area contributed by atoms with Gasteiger partial charge < -0.3 is 10.2 Å². The van der Waals surface area contributed by atoms with Crippen molar-refractivity contribution < 1.29 is 14.4 Å². The Bertz CT molecular complexity index is 1040. The highest BCUT2D eigenvalue weighted by molar-refractivity contribution is 6.09. The Labute approximate surface area is 181 Å². The van der Waals surface area contributed by atoms with Crippen molar-refractivity contribution in [2.45, 2.75) is 50.7 Å². The predicted octanol–water partition coefficient (Wildman–Crippen LogP) is 1.94. The number of nitrogens with zero attached hydrogens (tertiary/aromatic N) is 4. The summed E-state index contributed by atoms with van der Waals surface area (Å²) in [6.45, 7) is 2.29. The number of carbonyl (C=O) groups excluding carboxylic acids is 3. The summed E-state index contributed by atoms with van der Waals surface area (Å²) in [6.07, 6.45) is 5.03. The van der Waals surface area contributed by atoms with Gasteiger partial charge in [-0.15, -0.1) is 0 Å². The van der Waals surface area contributed by atoms with Gasteiger partial charge in [-0.1, -0.05) is 30.3 Å². The molecule has 1 spiro atoms. The van der Waals surface area contributed by atoms with Gasteiger partial charge in [-0.2, -0.15) is 5.10 Å². The third-order valence-corrected chi connectivity index (χ3v) is 7.04. The second-order valence-electron chi connectivity index (χ2n) is 8.94. The Morgan fingerprint density at radius 2 is 2.03 bits per heavy atom. The molecule has 1 aromatic heterocycles. The number of carbonyl (C=O) groups is 3. The number of nitrogens with one attached hydrogen (secondary N) is 1. The highest BCUT2D eigenvalue weighted by atomic mass is 16.2. The van der Waals surface area contributed by atoms with Crippen LogP contribution in [0.1, 0.15) is 43.0 Å². The highest BCUT2D eigenvalue weighted by Gasteiger charge is 2.57. The first-order valence-corrected chi connectivity index (χ1v) is 10.9. The minimum atomic E-state index is -1.09. The number of aryl methyl sites for hydroxylation is 1. The normalized spacial score (nSPS) is 23.2. The summed E-state index contributed by atoms with van der Waals surface area (Å²) in [4.78, 5) is 42.4. The standard InChI is InChI=1S/C23H27N5O3/c1-15(17-8-9-17)27(13-16-6-4-3-5-7-16)20(29)14-28-21(30)23(25-22(28)31)11-10-19-18(23)12-24-26(19)2/h3-7,12,15,17H,8-11,13-14H2,1-2H3,(H,25,31). The minimum absolute atomic E-state index is 0.0684. The molecule has 4 amide bonds. The molecule has 1 saturated carbocycles. The van der Waals surface area contributed by atoms with Gasteiger partial charge in [-0.25, -0.2) is 4.79 Å². The summed E-state index contributed by atoms with van der Waals surface area (Å²) in [7, 11) is 1.83. The van der Waals surface area contributed by atoms with Crippen LogP contribution in [-0.2, 0) is 35.1 Å². The number of imide groups is 1. The average molecular weight is 422 g/mol. The van der Waals surface area contributed by atoms with Crippen LogP contribution in [0.4, 0.5) is 4.79 Å².